The van der Waals surface area contributed by atoms with Crippen LogP contribution in [0.3, 0.4) is 0 Å². The molecule has 7 atom stereocenters. The highest BCUT2D eigenvalue weighted by atomic mass is 16.6. The minimum Gasteiger partial charge on any atom is -0.455 e. The average Bonchev–Trinajstić information content (AvgIpc) is 3.67. The van der Waals surface area contributed by atoms with E-state index in [1.165, 1.54) is 7.11 Å². The van der Waals surface area contributed by atoms with Gasteiger partial charge in [-0.2, -0.15) is 0 Å². The van der Waals surface area contributed by atoms with E-state index in [1.807, 2.05) is 61.2 Å². The van der Waals surface area contributed by atoms with E-state index in [-0.39, 0.29) is 55.9 Å². The molecule has 4 heterocycles. The van der Waals surface area contributed by atoms with Crippen LogP contribution in [0, 0.1) is 17.3 Å². The van der Waals surface area contributed by atoms with Gasteiger partial charge < -0.3 is 34.4 Å². The number of amides is 3. The van der Waals surface area contributed by atoms with Crippen LogP contribution in [0.25, 0.3) is 0 Å². The molecular weight excluding hydrogens is 626 g/mol. The van der Waals surface area contributed by atoms with Gasteiger partial charge in [0.15, 0.2) is 0 Å². The molecule has 268 valence electrons. The highest BCUT2D eigenvalue weighted by Gasteiger charge is 2.73. The number of carbonyl (C=O) groups excluding carboxylic acids is 4. The Morgan fingerprint density at radius 1 is 1.02 bits per heavy atom. The van der Waals surface area contributed by atoms with Crippen molar-refractivity contribution in [3.63, 3.8) is 0 Å². The first kappa shape index (κ1) is 36.7. The lowest BCUT2D eigenvalue weighted by Gasteiger charge is -2.45. The van der Waals surface area contributed by atoms with Crippen LogP contribution in [0.2, 0.25) is 0 Å². The summed E-state index contributed by atoms with van der Waals surface area (Å²) in [7, 11) is 1.52. The van der Waals surface area contributed by atoms with Crippen molar-refractivity contribution in [1.29, 1.82) is 0 Å². The number of hydrogen-bond acceptors (Lipinski definition) is 8. The smallest absolute Gasteiger partial charge is 0.313 e. The number of nitrogens with one attached hydrogen (secondary N) is 1. The van der Waals surface area contributed by atoms with Crippen molar-refractivity contribution in [2.75, 3.05) is 33.4 Å². The molecule has 49 heavy (non-hydrogen) atoms. The van der Waals surface area contributed by atoms with Crippen LogP contribution in [0.15, 0.2) is 54.6 Å². The molecule has 11 heteroatoms. The predicted octanol–water partition coefficient (Wildman–Crippen LogP) is 3.72. The molecule has 1 spiro atoms. The molecule has 1 aromatic carbocycles. The summed E-state index contributed by atoms with van der Waals surface area (Å²) in [5, 5.41) is 12.6. The highest BCUT2D eigenvalue weighted by Crippen LogP contribution is 2.56. The molecule has 11 nitrogen and oxygen atoms in total. The molecule has 0 saturated carbocycles. The second kappa shape index (κ2) is 14.7. The lowest BCUT2D eigenvalue weighted by molar-refractivity contribution is -0.162. The number of aliphatic hydroxyl groups is 1. The first-order chi connectivity index (χ1) is 23.2. The van der Waals surface area contributed by atoms with Crippen LogP contribution in [-0.2, 0) is 33.4 Å². The maximum Gasteiger partial charge on any atom is 0.313 e. The zero-order valence-electron chi connectivity index (χ0n) is 29.7. The number of fused-ring (bicyclic) bond motifs is 2. The van der Waals surface area contributed by atoms with E-state index in [1.54, 1.807) is 17.1 Å². The number of aliphatic hydroxyl groups excluding tert-OH is 1. The summed E-state index contributed by atoms with van der Waals surface area (Å²) in [6.07, 6.45) is 7.96. The molecule has 5 rings (SSSR count). The maximum absolute atomic E-state index is 15.1. The number of methoxy groups -OCH3 is 1. The fraction of sp³-hybridized carbons (Fsp3) is 0.632. The molecule has 0 radical (unpaired) electrons. The standard InChI is InChI=1S/C38H53N3O8/c1-36(2,3)24-37(4,5)41-21-12-8-11-17-28(43)39-26(23-47-6)31(25-15-9-7-10-16-25)48-35(46)29-27-18-19-38(49-27)30(29)33(44)40(20-13-14-22-42)32(38)34(41)45/h7-10,12,15-16,18-19,26-27,29-32,42H,11,13-14,17,20-24H2,1-6H3,(H,39,43)/b12-8-/t26-,27+,29-,30-,31-,32+,38-/m0/s1. The number of allylic oxidation sites excluding steroid dienone is 1. The number of ether oxygens (including phenoxy) is 3. The van der Waals surface area contributed by atoms with Gasteiger partial charge in [-0.15, -0.1) is 0 Å². The lowest BCUT2D eigenvalue weighted by Crippen LogP contribution is -2.60. The van der Waals surface area contributed by atoms with Crippen LogP contribution < -0.4 is 5.32 Å². The number of hydrogen-bond donors (Lipinski definition) is 2. The first-order valence-electron chi connectivity index (χ1n) is 17.5. The molecule has 4 aliphatic rings. The van der Waals surface area contributed by atoms with Crippen molar-refractivity contribution in [2.45, 2.75) is 102 Å². The number of carbonyl (C=O) groups is 4. The van der Waals surface area contributed by atoms with Gasteiger partial charge in [-0.05, 0) is 50.5 Å². The maximum atomic E-state index is 15.1. The molecular formula is C38H53N3O8. The average molecular weight is 680 g/mol. The van der Waals surface area contributed by atoms with Crippen molar-refractivity contribution in [2.24, 2.45) is 17.3 Å². The summed E-state index contributed by atoms with van der Waals surface area (Å²) >= 11 is 0. The van der Waals surface area contributed by atoms with Crippen LogP contribution in [0.5, 0.6) is 0 Å². The number of cyclic esters (lactones) is 1. The van der Waals surface area contributed by atoms with E-state index in [0.717, 1.165) is 0 Å². The molecule has 3 amide bonds. The van der Waals surface area contributed by atoms with E-state index >= 15 is 4.79 Å². The Morgan fingerprint density at radius 3 is 2.43 bits per heavy atom. The third-order valence-corrected chi connectivity index (χ3v) is 10.1. The fourth-order valence-electron chi connectivity index (χ4n) is 8.43. The number of likely N-dealkylation sites (tertiary alicyclic amines) is 1. The van der Waals surface area contributed by atoms with Gasteiger partial charge in [0.25, 0.3) is 0 Å². The molecule has 4 aliphatic heterocycles. The lowest BCUT2D eigenvalue weighted by atomic mass is 9.74. The number of rotatable bonds is 9. The Balaban J connectivity index is 1.61. The van der Waals surface area contributed by atoms with Crippen molar-refractivity contribution >= 4 is 23.7 Å². The molecule has 1 aromatic rings. The van der Waals surface area contributed by atoms with Crippen LogP contribution in [-0.4, -0.2) is 101 Å². The van der Waals surface area contributed by atoms with Gasteiger partial charge >= 0.3 is 5.97 Å². The van der Waals surface area contributed by atoms with E-state index in [2.05, 4.69) is 26.1 Å². The molecule has 2 N–H and O–H groups in total. The van der Waals surface area contributed by atoms with Gasteiger partial charge in [-0.25, -0.2) is 0 Å². The number of nitrogens with zero attached hydrogens (tertiary/aromatic N) is 2. The quantitative estimate of drug-likeness (QED) is 0.229. The Labute approximate surface area is 290 Å². The van der Waals surface area contributed by atoms with Gasteiger partial charge in [0, 0.05) is 38.8 Å². The summed E-state index contributed by atoms with van der Waals surface area (Å²) < 4.78 is 18.4. The van der Waals surface area contributed by atoms with Gasteiger partial charge in [0.1, 0.15) is 23.7 Å². The third-order valence-electron chi connectivity index (χ3n) is 10.1. The minimum absolute atomic E-state index is 0.0434. The highest BCUT2D eigenvalue weighted by molar-refractivity contribution is 5.99. The number of unbranched alkanes of at least 4 members (excludes halogenated alkanes) is 1. The second-order valence-electron chi connectivity index (χ2n) is 15.6. The van der Waals surface area contributed by atoms with Crippen molar-refractivity contribution in [3.8, 4) is 0 Å². The molecule has 0 aromatic heterocycles. The van der Waals surface area contributed by atoms with Crippen molar-refractivity contribution in [1.82, 2.24) is 15.1 Å². The zero-order valence-corrected chi connectivity index (χ0v) is 29.7. The SMILES string of the molecule is COC[C@@H]1NC(=O)CC/C=C\CN(C(C)(C)CC(C)(C)C)C(=O)[C@H]2N(CCCCO)C(=O)[C@@H]3[C@@H](C(=O)O[C@H]1c1ccccc1)[C@H]1C=C[C@]32O1. The first-order valence-corrected chi connectivity index (χ1v) is 17.5. The Kier molecular flexibility index (Phi) is 11.1. The van der Waals surface area contributed by atoms with E-state index < -0.39 is 53.2 Å². The van der Waals surface area contributed by atoms with Crippen LogP contribution in [0.4, 0.5) is 0 Å². The van der Waals surface area contributed by atoms with Gasteiger partial charge in [-0.1, -0.05) is 75.4 Å². The van der Waals surface area contributed by atoms with Crippen molar-refractivity contribution in [3.05, 3.63) is 60.2 Å². The summed E-state index contributed by atoms with van der Waals surface area (Å²) in [4.78, 5) is 60.6. The Hall–Kier alpha value is -3.54. The predicted molar refractivity (Wildman–Crippen MR) is 183 cm³/mol. The van der Waals surface area contributed by atoms with Gasteiger partial charge in [-0.3, -0.25) is 19.2 Å². The van der Waals surface area contributed by atoms with Crippen LogP contribution >= 0.6 is 0 Å². The summed E-state index contributed by atoms with van der Waals surface area (Å²) in [6, 6.07) is 7.43. The second-order valence-corrected chi connectivity index (χ2v) is 15.6. The van der Waals surface area contributed by atoms with E-state index in [0.29, 0.717) is 31.2 Å². The number of benzene rings is 1. The van der Waals surface area contributed by atoms with Gasteiger partial charge in [0.2, 0.25) is 17.7 Å². The molecule has 2 fully saturated rings. The Bertz CT molecular complexity index is 1440. The van der Waals surface area contributed by atoms with E-state index in [9.17, 15) is 19.5 Å². The normalized spacial score (nSPS) is 31.6. The zero-order chi connectivity index (χ0) is 35.6. The third kappa shape index (κ3) is 7.49. The molecule has 2 saturated heterocycles. The van der Waals surface area contributed by atoms with Gasteiger partial charge in [0.05, 0.1) is 24.7 Å². The molecule has 0 unspecified atom stereocenters. The minimum atomic E-state index is -1.36. The number of esters is 1. The summed E-state index contributed by atoms with van der Waals surface area (Å²) in [5.41, 5.74) is -1.43. The summed E-state index contributed by atoms with van der Waals surface area (Å²) in [5.74, 6) is -3.46. The van der Waals surface area contributed by atoms with Crippen molar-refractivity contribution < 1.29 is 38.5 Å². The molecule has 0 aliphatic carbocycles. The van der Waals surface area contributed by atoms with E-state index in [4.69, 9.17) is 14.2 Å². The Morgan fingerprint density at radius 2 is 1.76 bits per heavy atom. The topological polar surface area (TPSA) is 135 Å². The summed E-state index contributed by atoms with van der Waals surface area (Å²) in [6.45, 7) is 11.0. The van der Waals surface area contributed by atoms with Crippen LogP contribution in [0.1, 0.15) is 78.4 Å². The monoisotopic (exact) mass is 679 g/mol. The largest absolute Gasteiger partial charge is 0.455 e. The fourth-order valence-corrected chi connectivity index (χ4v) is 8.43. The molecule has 5 bridgehead atoms.